The lowest BCUT2D eigenvalue weighted by molar-refractivity contribution is 0.222. The Hall–Kier alpha value is -1.62. The van der Waals surface area contributed by atoms with Crippen molar-refractivity contribution < 1.29 is 9.18 Å². The highest BCUT2D eigenvalue weighted by Crippen LogP contribution is 2.25. The van der Waals surface area contributed by atoms with E-state index in [-0.39, 0.29) is 17.4 Å². The molecule has 4 N–H and O–H groups in total. The first-order valence-electron chi connectivity index (χ1n) is 7.68. The number of carbonyl (C=O) groups is 1. The van der Waals surface area contributed by atoms with Crippen LogP contribution in [0.2, 0.25) is 0 Å². The summed E-state index contributed by atoms with van der Waals surface area (Å²) in [6.07, 6.45) is 7.68. The largest absolute Gasteiger partial charge is 0.331 e. The molecule has 116 valence electrons. The molecule has 0 bridgehead atoms. The number of urea groups is 1. The zero-order valence-corrected chi connectivity index (χ0v) is 12.3. The number of carbonyl (C=O) groups excluding carboxylic acids is 1. The molecule has 1 aromatic rings. The van der Waals surface area contributed by atoms with E-state index in [1.54, 1.807) is 12.1 Å². The molecule has 1 saturated carbocycles. The molecule has 0 unspecified atom stereocenters. The third-order valence-electron chi connectivity index (χ3n) is 4.18. The smallest absolute Gasteiger partial charge is 0.319 e. The van der Waals surface area contributed by atoms with Crippen LogP contribution in [0.15, 0.2) is 24.3 Å². The number of nitrogens with two attached hydrogens (primary N) is 1. The van der Waals surface area contributed by atoms with Crippen LogP contribution in [0.1, 0.15) is 44.9 Å². The third kappa shape index (κ3) is 4.70. The highest BCUT2D eigenvalue weighted by atomic mass is 19.1. The van der Waals surface area contributed by atoms with Crippen LogP contribution >= 0.6 is 0 Å². The highest BCUT2D eigenvalue weighted by Gasteiger charge is 2.30. The van der Waals surface area contributed by atoms with Gasteiger partial charge >= 0.3 is 6.03 Å². The molecule has 0 atom stereocenters. The maximum atomic E-state index is 12.9. The van der Waals surface area contributed by atoms with E-state index in [1.165, 1.54) is 31.4 Å². The molecule has 2 amide bonds. The molecule has 2 rings (SSSR count). The Labute approximate surface area is 125 Å². The van der Waals surface area contributed by atoms with Gasteiger partial charge in [-0.05, 0) is 37.1 Å². The number of amides is 2. The predicted molar refractivity (Wildman–Crippen MR) is 82.7 cm³/mol. The molecule has 0 aliphatic heterocycles. The van der Waals surface area contributed by atoms with E-state index in [1.807, 2.05) is 0 Å². The quantitative estimate of drug-likeness (QED) is 0.799. The van der Waals surface area contributed by atoms with Crippen molar-refractivity contribution >= 4 is 11.7 Å². The van der Waals surface area contributed by atoms with E-state index in [0.717, 1.165) is 25.7 Å². The van der Waals surface area contributed by atoms with Crippen molar-refractivity contribution in [3.8, 4) is 0 Å². The van der Waals surface area contributed by atoms with Crippen LogP contribution in [-0.4, -0.2) is 18.1 Å². The molecule has 1 aliphatic rings. The van der Waals surface area contributed by atoms with Gasteiger partial charge in [-0.2, -0.15) is 0 Å². The van der Waals surface area contributed by atoms with E-state index in [9.17, 15) is 9.18 Å². The summed E-state index contributed by atoms with van der Waals surface area (Å²) in [4.78, 5) is 12.2. The normalized spacial score (nSPS) is 18.4. The standard InChI is InChI=1S/C16H24FN3O/c17-13-6-8-14(9-7-13)19-15(21)20-16(12-18)10-4-2-1-3-5-11-16/h6-9H,1-5,10-12,18H2,(H2,19,20,21). The minimum absolute atomic E-state index is 0.271. The first kappa shape index (κ1) is 15.8. The van der Waals surface area contributed by atoms with Crippen molar-refractivity contribution in [3.05, 3.63) is 30.1 Å². The topological polar surface area (TPSA) is 67.1 Å². The van der Waals surface area contributed by atoms with Gasteiger partial charge in [-0.25, -0.2) is 9.18 Å². The third-order valence-corrected chi connectivity index (χ3v) is 4.18. The Bertz CT molecular complexity index is 453. The van der Waals surface area contributed by atoms with Crippen molar-refractivity contribution in [1.82, 2.24) is 5.32 Å². The molecule has 1 fully saturated rings. The van der Waals surface area contributed by atoms with E-state index in [2.05, 4.69) is 10.6 Å². The molecule has 1 aromatic carbocycles. The lowest BCUT2D eigenvalue weighted by atomic mass is 9.84. The van der Waals surface area contributed by atoms with Crippen LogP contribution in [0.3, 0.4) is 0 Å². The summed E-state index contributed by atoms with van der Waals surface area (Å²) < 4.78 is 12.9. The summed E-state index contributed by atoms with van der Waals surface area (Å²) in [5, 5.41) is 5.78. The van der Waals surface area contributed by atoms with Gasteiger partial charge in [0.05, 0.1) is 5.54 Å². The van der Waals surface area contributed by atoms with Gasteiger partial charge in [0.15, 0.2) is 0 Å². The van der Waals surface area contributed by atoms with Crippen molar-refractivity contribution in [2.24, 2.45) is 5.73 Å². The fraction of sp³-hybridized carbons (Fsp3) is 0.562. The monoisotopic (exact) mass is 293 g/mol. The number of halogens is 1. The van der Waals surface area contributed by atoms with Crippen LogP contribution < -0.4 is 16.4 Å². The number of benzene rings is 1. The number of rotatable bonds is 3. The van der Waals surface area contributed by atoms with E-state index in [0.29, 0.717) is 12.2 Å². The van der Waals surface area contributed by atoms with Gasteiger partial charge in [0, 0.05) is 12.2 Å². The highest BCUT2D eigenvalue weighted by molar-refractivity contribution is 5.89. The molecule has 4 nitrogen and oxygen atoms in total. The van der Waals surface area contributed by atoms with E-state index < -0.39 is 0 Å². The Morgan fingerprint density at radius 2 is 1.67 bits per heavy atom. The first-order chi connectivity index (χ1) is 10.1. The molecule has 5 heteroatoms. The summed E-state index contributed by atoms with van der Waals surface area (Å²) in [6, 6.07) is 5.46. The van der Waals surface area contributed by atoms with Gasteiger partial charge in [-0.3, -0.25) is 0 Å². The number of hydrogen-bond acceptors (Lipinski definition) is 2. The average molecular weight is 293 g/mol. The fourth-order valence-corrected chi connectivity index (χ4v) is 2.90. The molecular weight excluding hydrogens is 269 g/mol. The summed E-state index contributed by atoms with van der Waals surface area (Å²) >= 11 is 0. The summed E-state index contributed by atoms with van der Waals surface area (Å²) in [5.74, 6) is -0.320. The van der Waals surface area contributed by atoms with E-state index in [4.69, 9.17) is 5.73 Å². The lowest BCUT2D eigenvalue weighted by Gasteiger charge is -2.35. The molecule has 0 heterocycles. The fourth-order valence-electron chi connectivity index (χ4n) is 2.90. The zero-order chi connectivity index (χ0) is 15.1. The average Bonchev–Trinajstić information content (AvgIpc) is 2.45. The summed E-state index contributed by atoms with van der Waals surface area (Å²) in [6.45, 7) is 0.448. The maximum absolute atomic E-state index is 12.9. The van der Waals surface area contributed by atoms with Gasteiger partial charge in [-0.1, -0.05) is 32.1 Å². The number of anilines is 1. The van der Waals surface area contributed by atoms with Gasteiger partial charge in [0.25, 0.3) is 0 Å². The second kappa shape index (κ2) is 7.41. The minimum Gasteiger partial charge on any atom is -0.331 e. The first-order valence-corrected chi connectivity index (χ1v) is 7.68. The Kier molecular flexibility index (Phi) is 5.56. The van der Waals surface area contributed by atoms with Crippen molar-refractivity contribution in [1.29, 1.82) is 0 Å². The molecular formula is C16H24FN3O. The van der Waals surface area contributed by atoms with Crippen molar-refractivity contribution in [3.63, 3.8) is 0 Å². The number of nitrogens with one attached hydrogen (secondary N) is 2. The Morgan fingerprint density at radius 3 is 2.24 bits per heavy atom. The second-order valence-corrected chi connectivity index (χ2v) is 5.84. The lowest BCUT2D eigenvalue weighted by Crippen LogP contribution is -2.55. The number of hydrogen-bond donors (Lipinski definition) is 3. The van der Waals surface area contributed by atoms with Gasteiger partial charge in [-0.15, -0.1) is 0 Å². The second-order valence-electron chi connectivity index (χ2n) is 5.84. The molecule has 0 spiro atoms. The van der Waals surface area contributed by atoms with Crippen LogP contribution in [0.25, 0.3) is 0 Å². The Balaban J connectivity index is 1.96. The molecule has 0 saturated heterocycles. The van der Waals surface area contributed by atoms with Crippen LogP contribution in [0.4, 0.5) is 14.9 Å². The summed E-state index contributed by atoms with van der Waals surface area (Å²) in [7, 11) is 0. The van der Waals surface area contributed by atoms with Gasteiger partial charge in [0.1, 0.15) is 5.82 Å². The molecule has 0 aromatic heterocycles. The molecule has 21 heavy (non-hydrogen) atoms. The summed E-state index contributed by atoms with van der Waals surface area (Å²) in [5.41, 5.74) is 6.19. The van der Waals surface area contributed by atoms with Gasteiger partial charge < -0.3 is 16.4 Å². The maximum Gasteiger partial charge on any atom is 0.319 e. The van der Waals surface area contributed by atoms with Gasteiger partial charge in [0.2, 0.25) is 0 Å². The molecule has 0 radical (unpaired) electrons. The van der Waals surface area contributed by atoms with Crippen molar-refractivity contribution in [2.75, 3.05) is 11.9 Å². The SMILES string of the molecule is NCC1(NC(=O)Nc2ccc(F)cc2)CCCCCCC1. The minimum atomic E-state index is -0.320. The van der Waals surface area contributed by atoms with Crippen molar-refractivity contribution in [2.45, 2.75) is 50.5 Å². The van der Waals surface area contributed by atoms with Crippen LogP contribution in [0, 0.1) is 5.82 Å². The van der Waals surface area contributed by atoms with E-state index >= 15 is 0 Å². The predicted octanol–water partition coefficient (Wildman–Crippen LogP) is 3.39. The van der Waals surface area contributed by atoms with Crippen LogP contribution in [-0.2, 0) is 0 Å². The molecule has 1 aliphatic carbocycles. The zero-order valence-electron chi connectivity index (χ0n) is 12.3. The van der Waals surface area contributed by atoms with Crippen LogP contribution in [0.5, 0.6) is 0 Å². The Morgan fingerprint density at radius 1 is 1.10 bits per heavy atom.